The number of carboxylic acid groups (broad SMARTS) is 1. The molecule has 0 aromatic heterocycles. The Hall–Kier alpha value is -2.32. The van der Waals surface area contributed by atoms with Crippen molar-refractivity contribution in [1.82, 2.24) is 4.90 Å². The summed E-state index contributed by atoms with van der Waals surface area (Å²) in [4.78, 5) is 24.1. The van der Waals surface area contributed by atoms with E-state index in [0.29, 0.717) is 13.2 Å². The number of aromatic hydroxyl groups is 1. The number of aliphatic hydroxyl groups is 1. The van der Waals surface area contributed by atoms with Crippen molar-refractivity contribution in [3.05, 3.63) is 23.8 Å². The lowest BCUT2D eigenvalue weighted by molar-refractivity contribution is 0.0693. The van der Waals surface area contributed by atoms with Crippen LogP contribution in [0.2, 0.25) is 0 Å². The van der Waals surface area contributed by atoms with Gasteiger partial charge in [-0.05, 0) is 12.1 Å². The van der Waals surface area contributed by atoms with E-state index in [4.69, 9.17) is 14.9 Å². The number of aromatic carboxylic acids is 1. The Bertz CT molecular complexity index is 505. The summed E-state index contributed by atoms with van der Waals surface area (Å²) in [6, 6.07) is 3.23. The van der Waals surface area contributed by atoms with E-state index in [1.165, 1.54) is 24.1 Å². The first-order chi connectivity index (χ1) is 9.99. The topological polar surface area (TPSA) is 119 Å². The highest BCUT2D eigenvalue weighted by Gasteiger charge is 2.15. The average molecular weight is 298 g/mol. The summed E-state index contributed by atoms with van der Waals surface area (Å²) in [7, 11) is 1.50. The van der Waals surface area contributed by atoms with E-state index in [1.807, 2.05) is 0 Å². The van der Waals surface area contributed by atoms with Gasteiger partial charge in [-0.25, -0.2) is 9.59 Å². The highest BCUT2D eigenvalue weighted by Crippen LogP contribution is 2.22. The zero-order chi connectivity index (χ0) is 15.8. The van der Waals surface area contributed by atoms with Gasteiger partial charge < -0.3 is 30.3 Å². The second kappa shape index (κ2) is 8.08. The van der Waals surface area contributed by atoms with Crippen molar-refractivity contribution >= 4 is 17.7 Å². The number of benzene rings is 1. The molecule has 0 radical (unpaired) electrons. The fourth-order valence-electron chi connectivity index (χ4n) is 1.63. The molecule has 0 bridgehead atoms. The van der Waals surface area contributed by atoms with Gasteiger partial charge in [-0.3, -0.25) is 0 Å². The van der Waals surface area contributed by atoms with E-state index in [2.05, 4.69) is 5.32 Å². The largest absolute Gasteiger partial charge is 0.507 e. The number of nitrogens with zero attached hydrogens (tertiary/aromatic N) is 1. The number of methoxy groups -OCH3 is 1. The van der Waals surface area contributed by atoms with Gasteiger partial charge in [0.25, 0.3) is 0 Å². The molecule has 4 N–H and O–H groups in total. The molecule has 1 aromatic carbocycles. The van der Waals surface area contributed by atoms with Crippen LogP contribution in [0.15, 0.2) is 18.2 Å². The highest BCUT2D eigenvalue weighted by molar-refractivity contribution is 5.93. The number of amides is 2. The number of carbonyl (C=O) groups excluding carboxylic acids is 1. The number of carbonyl (C=O) groups is 2. The number of nitrogens with one attached hydrogen (secondary N) is 1. The molecule has 0 aliphatic heterocycles. The summed E-state index contributed by atoms with van der Waals surface area (Å²) >= 11 is 0. The Kier molecular flexibility index (Phi) is 6.44. The minimum absolute atomic E-state index is 0.133. The number of urea groups is 1. The fourth-order valence-corrected chi connectivity index (χ4v) is 1.63. The van der Waals surface area contributed by atoms with Crippen LogP contribution in [0.1, 0.15) is 10.4 Å². The molecule has 0 saturated heterocycles. The lowest BCUT2D eigenvalue weighted by Gasteiger charge is -2.21. The predicted octanol–water partition coefficient (Wildman–Crippen LogP) is 0.563. The van der Waals surface area contributed by atoms with Gasteiger partial charge >= 0.3 is 12.0 Å². The number of aliphatic hydroxyl groups excluding tert-OH is 1. The molecule has 0 atom stereocenters. The molecule has 0 aliphatic rings. The molecule has 0 unspecified atom stereocenters. The maximum absolute atomic E-state index is 12.0. The number of hydrogen-bond acceptors (Lipinski definition) is 5. The molecule has 0 heterocycles. The molecular formula is C13H18N2O6. The van der Waals surface area contributed by atoms with Crippen LogP contribution in [0.4, 0.5) is 10.5 Å². The quantitative estimate of drug-likeness (QED) is 0.584. The first-order valence-electron chi connectivity index (χ1n) is 6.21. The van der Waals surface area contributed by atoms with Gasteiger partial charge in [-0.15, -0.1) is 0 Å². The smallest absolute Gasteiger partial charge is 0.339 e. The third kappa shape index (κ3) is 4.93. The Morgan fingerprint density at radius 2 is 2.05 bits per heavy atom. The van der Waals surface area contributed by atoms with Gasteiger partial charge in [0.15, 0.2) is 0 Å². The van der Waals surface area contributed by atoms with Gasteiger partial charge in [0.1, 0.15) is 11.3 Å². The third-order valence-corrected chi connectivity index (χ3v) is 2.70. The van der Waals surface area contributed by atoms with Crippen molar-refractivity contribution in [1.29, 1.82) is 0 Å². The molecule has 8 nitrogen and oxygen atoms in total. The predicted molar refractivity (Wildman–Crippen MR) is 74.6 cm³/mol. The zero-order valence-electron chi connectivity index (χ0n) is 11.6. The molecule has 2 amide bonds. The summed E-state index contributed by atoms with van der Waals surface area (Å²) in [5.41, 5.74) is 0.00227. The number of phenols is 1. The third-order valence-electron chi connectivity index (χ3n) is 2.70. The van der Waals surface area contributed by atoms with E-state index in [9.17, 15) is 14.7 Å². The fraction of sp³-hybridized carbons (Fsp3) is 0.385. The van der Waals surface area contributed by atoms with Gasteiger partial charge in [0, 0.05) is 32.0 Å². The molecule has 1 aromatic rings. The Morgan fingerprint density at radius 3 is 2.57 bits per heavy atom. The van der Waals surface area contributed by atoms with Crippen molar-refractivity contribution in [2.24, 2.45) is 0 Å². The number of anilines is 1. The maximum Gasteiger partial charge on any atom is 0.339 e. The average Bonchev–Trinajstić information content (AvgIpc) is 2.43. The van der Waals surface area contributed by atoms with Crippen LogP contribution < -0.4 is 5.32 Å². The first-order valence-corrected chi connectivity index (χ1v) is 6.21. The summed E-state index contributed by atoms with van der Waals surface area (Å²) < 4.78 is 4.87. The summed E-state index contributed by atoms with van der Waals surface area (Å²) in [6.07, 6.45) is 0. The van der Waals surface area contributed by atoms with Crippen LogP contribution >= 0.6 is 0 Å². The van der Waals surface area contributed by atoms with E-state index in [-0.39, 0.29) is 24.4 Å². The molecule has 8 heteroatoms. The van der Waals surface area contributed by atoms with Gasteiger partial charge in [0.2, 0.25) is 0 Å². The van der Waals surface area contributed by atoms with Crippen LogP contribution in [-0.4, -0.2) is 65.6 Å². The van der Waals surface area contributed by atoms with Crippen molar-refractivity contribution in [3.63, 3.8) is 0 Å². The van der Waals surface area contributed by atoms with E-state index in [0.717, 1.165) is 6.07 Å². The molecule has 0 spiro atoms. The lowest BCUT2D eigenvalue weighted by atomic mass is 10.2. The van der Waals surface area contributed by atoms with Crippen molar-refractivity contribution in [2.45, 2.75) is 0 Å². The van der Waals surface area contributed by atoms with E-state index < -0.39 is 17.7 Å². The first kappa shape index (κ1) is 16.7. The molecule has 1 rings (SSSR count). The van der Waals surface area contributed by atoms with Crippen LogP contribution in [-0.2, 0) is 4.74 Å². The van der Waals surface area contributed by atoms with Gasteiger partial charge in [-0.2, -0.15) is 0 Å². The van der Waals surface area contributed by atoms with Gasteiger partial charge in [-0.1, -0.05) is 0 Å². The summed E-state index contributed by atoms with van der Waals surface area (Å²) in [6.45, 7) is 0.549. The molecule has 21 heavy (non-hydrogen) atoms. The van der Waals surface area contributed by atoms with Crippen LogP contribution in [0.25, 0.3) is 0 Å². The van der Waals surface area contributed by atoms with Crippen molar-refractivity contribution < 1.29 is 29.6 Å². The van der Waals surface area contributed by atoms with E-state index >= 15 is 0 Å². The molecule has 0 aliphatic carbocycles. The Labute approximate surface area is 121 Å². The van der Waals surface area contributed by atoms with Crippen molar-refractivity contribution in [3.8, 4) is 5.75 Å². The number of hydrogen-bond donors (Lipinski definition) is 4. The SMILES string of the molecule is COCCN(CCO)C(=O)Nc1ccc(C(=O)O)c(O)c1. The second-order valence-electron chi connectivity index (χ2n) is 4.17. The number of ether oxygens (including phenoxy) is 1. The minimum atomic E-state index is -1.26. The van der Waals surface area contributed by atoms with Crippen molar-refractivity contribution in [2.75, 3.05) is 38.7 Å². The molecule has 0 fully saturated rings. The van der Waals surface area contributed by atoms with Crippen LogP contribution in [0, 0.1) is 0 Å². The van der Waals surface area contributed by atoms with Crippen LogP contribution in [0.5, 0.6) is 5.75 Å². The Morgan fingerprint density at radius 1 is 1.33 bits per heavy atom. The molecule has 0 saturated carbocycles. The number of carboxylic acids is 1. The number of rotatable bonds is 7. The monoisotopic (exact) mass is 298 g/mol. The van der Waals surface area contributed by atoms with Gasteiger partial charge in [0.05, 0.1) is 13.2 Å². The summed E-state index contributed by atoms with van der Waals surface area (Å²) in [5, 5.41) is 29.8. The lowest BCUT2D eigenvalue weighted by Crippen LogP contribution is -2.39. The van der Waals surface area contributed by atoms with Crippen LogP contribution in [0.3, 0.4) is 0 Å². The highest BCUT2D eigenvalue weighted by atomic mass is 16.5. The molecule has 116 valence electrons. The normalized spacial score (nSPS) is 10.2. The standard InChI is InChI=1S/C13H18N2O6/c1-21-7-5-15(4-6-16)13(20)14-9-2-3-10(12(18)19)11(17)8-9/h2-3,8,16-17H,4-7H2,1H3,(H,14,20)(H,18,19). The van der Waals surface area contributed by atoms with E-state index in [1.54, 1.807) is 0 Å². The zero-order valence-corrected chi connectivity index (χ0v) is 11.6. The summed E-state index contributed by atoms with van der Waals surface area (Å²) in [5.74, 6) is -1.70. The minimum Gasteiger partial charge on any atom is -0.507 e. The molecular weight excluding hydrogens is 280 g/mol. The second-order valence-corrected chi connectivity index (χ2v) is 4.17. The maximum atomic E-state index is 12.0. The Balaban J connectivity index is 2.76.